The van der Waals surface area contributed by atoms with Gasteiger partial charge in [0.05, 0.1) is 26.4 Å². The number of unbranched alkanes of at least 4 members (excludes halogenated alkanes) is 16. The normalized spacial score (nSPS) is 27.1. The summed E-state index contributed by atoms with van der Waals surface area (Å²) < 4.78 is 34.2. The fourth-order valence-corrected chi connectivity index (χ4v) is 7.57. The van der Waals surface area contributed by atoms with Crippen LogP contribution in [0, 0.1) is 0 Å². The van der Waals surface area contributed by atoms with Crippen LogP contribution >= 0.6 is 0 Å². The highest BCUT2D eigenvalue weighted by molar-refractivity contribution is 5.69. The molecule has 64 heavy (non-hydrogen) atoms. The van der Waals surface area contributed by atoms with Crippen LogP contribution in [0.5, 0.6) is 0 Å². The van der Waals surface area contributed by atoms with Crippen LogP contribution in [-0.4, -0.2) is 142 Å². The second-order valence-electron chi connectivity index (χ2n) is 17.3. The minimum Gasteiger partial charge on any atom is -0.457 e. The van der Waals surface area contributed by atoms with Gasteiger partial charge in [-0.3, -0.25) is 4.79 Å². The van der Waals surface area contributed by atoms with Crippen molar-refractivity contribution in [3.63, 3.8) is 0 Å². The van der Waals surface area contributed by atoms with Crippen molar-refractivity contribution < 1.29 is 69.0 Å². The number of hydrogen-bond acceptors (Lipinski definition) is 14. The number of esters is 1. The van der Waals surface area contributed by atoms with E-state index in [4.69, 9.17) is 28.4 Å². The molecule has 0 spiro atoms. The van der Waals surface area contributed by atoms with Gasteiger partial charge < -0.3 is 64.2 Å². The van der Waals surface area contributed by atoms with E-state index in [9.17, 15) is 40.5 Å². The van der Waals surface area contributed by atoms with Crippen molar-refractivity contribution in [3.05, 3.63) is 48.6 Å². The molecular formula is C50H88O14. The minimum absolute atomic E-state index is 0.0582. The Labute approximate surface area is 384 Å². The van der Waals surface area contributed by atoms with Gasteiger partial charge in [-0.1, -0.05) is 152 Å². The quantitative estimate of drug-likeness (QED) is 0.0193. The molecule has 11 unspecified atom stereocenters. The standard InChI is InChI=1S/C50H88O14/c1-3-5-7-9-11-13-14-15-16-17-18-19-20-21-22-23-24-25-27-29-31-33-42(52)62-39(36-59-34-32-30-28-26-12-10-8-6-4-2)37-60-49-48(58)46(56)44(54)41(64-49)38-61-50-47(57)45(55)43(53)40(35-51)63-50/h5,7,11,13,15-16,18-19,39-41,43-51,53-58H,3-4,6,8-10,12,14,17,20-38H2,1-2H3/b7-5-,13-11-,16-15-,19-18-. The molecule has 14 heteroatoms. The lowest BCUT2D eigenvalue weighted by atomic mass is 9.98. The number of hydrogen-bond donors (Lipinski definition) is 7. The van der Waals surface area contributed by atoms with E-state index in [0.717, 1.165) is 70.6 Å². The van der Waals surface area contributed by atoms with Crippen molar-refractivity contribution in [2.45, 2.75) is 229 Å². The summed E-state index contributed by atoms with van der Waals surface area (Å²) in [6, 6.07) is 0. The van der Waals surface area contributed by atoms with Gasteiger partial charge in [-0.25, -0.2) is 0 Å². The summed E-state index contributed by atoms with van der Waals surface area (Å²) in [7, 11) is 0. The summed E-state index contributed by atoms with van der Waals surface area (Å²) in [6.07, 6.45) is 26.1. The number of aliphatic hydroxyl groups excluding tert-OH is 7. The Hall–Kier alpha value is -2.05. The van der Waals surface area contributed by atoms with Gasteiger partial charge in [0.15, 0.2) is 12.6 Å². The second-order valence-corrected chi connectivity index (χ2v) is 17.3. The van der Waals surface area contributed by atoms with Gasteiger partial charge in [-0.05, 0) is 51.4 Å². The molecule has 0 radical (unpaired) electrons. The second kappa shape index (κ2) is 38.0. The van der Waals surface area contributed by atoms with E-state index < -0.39 is 80.7 Å². The van der Waals surface area contributed by atoms with Gasteiger partial charge in [0.2, 0.25) is 0 Å². The first-order valence-electron chi connectivity index (χ1n) is 24.7. The van der Waals surface area contributed by atoms with E-state index in [1.54, 1.807) is 0 Å². The Morgan fingerprint density at radius 1 is 0.531 bits per heavy atom. The fourth-order valence-electron chi connectivity index (χ4n) is 7.57. The molecule has 2 fully saturated rings. The number of carbonyl (C=O) groups excluding carboxylic acids is 1. The van der Waals surface area contributed by atoms with Crippen LogP contribution in [-0.2, 0) is 33.2 Å². The maximum atomic E-state index is 13.0. The van der Waals surface area contributed by atoms with Crippen LogP contribution in [0.25, 0.3) is 0 Å². The molecule has 14 nitrogen and oxygen atoms in total. The van der Waals surface area contributed by atoms with Crippen LogP contribution in [0.1, 0.15) is 162 Å². The molecule has 2 aliphatic rings. The molecule has 0 aliphatic carbocycles. The van der Waals surface area contributed by atoms with Crippen LogP contribution in [0.15, 0.2) is 48.6 Å². The average Bonchev–Trinajstić information content (AvgIpc) is 3.29. The molecule has 11 atom stereocenters. The van der Waals surface area contributed by atoms with E-state index >= 15 is 0 Å². The van der Waals surface area contributed by atoms with Crippen molar-refractivity contribution in [1.29, 1.82) is 0 Å². The molecule has 0 saturated carbocycles. The van der Waals surface area contributed by atoms with Gasteiger partial charge in [0.1, 0.15) is 54.9 Å². The summed E-state index contributed by atoms with van der Waals surface area (Å²) in [5, 5.41) is 72.0. The molecule has 0 aromatic rings. The Morgan fingerprint density at radius 3 is 1.59 bits per heavy atom. The zero-order valence-corrected chi connectivity index (χ0v) is 39.3. The maximum absolute atomic E-state index is 13.0. The van der Waals surface area contributed by atoms with Gasteiger partial charge in [-0.2, -0.15) is 0 Å². The molecule has 2 saturated heterocycles. The molecule has 7 N–H and O–H groups in total. The topological polar surface area (TPSA) is 214 Å². The summed E-state index contributed by atoms with van der Waals surface area (Å²) in [5.74, 6) is -0.387. The molecule has 0 amide bonds. The van der Waals surface area contributed by atoms with E-state index in [0.29, 0.717) is 13.0 Å². The van der Waals surface area contributed by atoms with E-state index in [1.807, 2.05) is 0 Å². The Kier molecular flexibility index (Phi) is 34.5. The van der Waals surface area contributed by atoms with Crippen molar-refractivity contribution in [1.82, 2.24) is 0 Å². The molecule has 372 valence electrons. The number of rotatable bonds is 38. The molecule has 0 aromatic heterocycles. The SMILES string of the molecule is CC/C=C\C/C=C\C/C=C\C/C=C\CCCCCCCCCCC(=O)OC(COCCCCCCCCCCC)COC1OC(COC2OC(CO)C(O)C(O)C2O)C(O)C(O)C1O. The van der Waals surface area contributed by atoms with E-state index in [1.165, 1.54) is 64.2 Å². The highest BCUT2D eigenvalue weighted by atomic mass is 16.7. The van der Waals surface area contributed by atoms with Gasteiger partial charge >= 0.3 is 5.97 Å². The first-order valence-corrected chi connectivity index (χ1v) is 24.7. The van der Waals surface area contributed by atoms with E-state index in [-0.39, 0.29) is 25.6 Å². The predicted octanol–water partition coefficient (Wildman–Crippen LogP) is 6.79. The third-order valence-corrected chi connectivity index (χ3v) is 11.6. The number of aliphatic hydroxyl groups is 7. The third-order valence-electron chi connectivity index (χ3n) is 11.6. The van der Waals surface area contributed by atoms with Gasteiger partial charge in [0, 0.05) is 13.0 Å². The highest BCUT2D eigenvalue weighted by Crippen LogP contribution is 2.26. The largest absolute Gasteiger partial charge is 0.457 e. The number of allylic oxidation sites excluding steroid dienone is 8. The zero-order chi connectivity index (χ0) is 46.6. The molecule has 2 rings (SSSR count). The summed E-state index contributed by atoms with van der Waals surface area (Å²) >= 11 is 0. The minimum atomic E-state index is -1.71. The van der Waals surface area contributed by atoms with E-state index in [2.05, 4.69) is 62.5 Å². The van der Waals surface area contributed by atoms with Crippen molar-refractivity contribution >= 4 is 5.97 Å². The van der Waals surface area contributed by atoms with Crippen LogP contribution in [0.4, 0.5) is 0 Å². The Morgan fingerprint density at radius 2 is 1.02 bits per heavy atom. The zero-order valence-electron chi connectivity index (χ0n) is 39.3. The number of ether oxygens (including phenoxy) is 6. The van der Waals surface area contributed by atoms with Crippen LogP contribution in [0.2, 0.25) is 0 Å². The van der Waals surface area contributed by atoms with Crippen LogP contribution in [0.3, 0.4) is 0 Å². The third kappa shape index (κ3) is 25.7. The van der Waals surface area contributed by atoms with Crippen LogP contribution < -0.4 is 0 Å². The molecule has 0 bridgehead atoms. The maximum Gasteiger partial charge on any atom is 0.306 e. The van der Waals surface area contributed by atoms with Crippen molar-refractivity contribution in [2.24, 2.45) is 0 Å². The average molecular weight is 913 g/mol. The molecular weight excluding hydrogens is 825 g/mol. The summed E-state index contributed by atoms with van der Waals surface area (Å²) in [4.78, 5) is 13.0. The van der Waals surface area contributed by atoms with Gasteiger partial charge in [0.25, 0.3) is 0 Å². The smallest absolute Gasteiger partial charge is 0.306 e. The van der Waals surface area contributed by atoms with Crippen molar-refractivity contribution in [3.8, 4) is 0 Å². The molecule has 2 aliphatic heterocycles. The summed E-state index contributed by atoms with van der Waals surface area (Å²) in [6.45, 7) is 3.54. The molecule has 0 aromatic carbocycles. The van der Waals surface area contributed by atoms with Gasteiger partial charge in [-0.15, -0.1) is 0 Å². The van der Waals surface area contributed by atoms with Crippen molar-refractivity contribution in [2.75, 3.05) is 33.0 Å². The monoisotopic (exact) mass is 913 g/mol. The predicted molar refractivity (Wildman–Crippen MR) is 247 cm³/mol. The first-order chi connectivity index (χ1) is 31.1. The number of carbonyl (C=O) groups is 1. The highest BCUT2D eigenvalue weighted by Gasteiger charge is 2.47. The Balaban J connectivity index is 1.74. The lowest BCUT2D eigenvalue weighted by molar-refractivity contribution is -0.332. The Bertz CT molecular complexity index is 1240. The fraction of sp³-hybridized carbons (Fsp3) is 0.820. The lowest BCUT2D eigenvalue weighted by Crippen LogP contribution is -2.61. The lowest BCUT2D eigenvalue weighted by Gasteiger charge is -2.42. The molecule has 2 heterocycles. The first kappa shape index (κ1) is 58.1. The summed E-state index contributed by atoms with van der Waals surface area (Å²) in [5.41, 5.74) is 0.